The number of aliphatic hydroxyl groups is 1. The van der Waals surface area contributed by atoms with Crippen LogP contribution < -0.4 is 0 Å². The first-order valence-electron chi connectivity index (χ1n) is 10.2. The molecule has 0 radical (unpaired) electrons. The average molecular weight is 373 g/mol. The summed E-state index contributed by atoms with van der Waals surface area (Å²) in [6, 6.07) is 0. The van der Waals surface area contributed by atoms with Gasteiger partial charge in [0.25, 0.3) is 0 Å². The summed E-state index contributed by atoms with van der Waals surface area (Å²) in [5, 5.41) is 10.0. The minimum Gasteiger partial charge on any atom is -0.451 e. The van der Waals surface area contributed by atoms with E-state index in [1.165, 1.54) is 5.57 Å². The zero-order valence-corrected chi connectivity index (χ0v) is 15.4. The molecule has 4 aliphatic carbocycles. The normalized spacial score (nSPS) is 47.6. The van der Waals surface area contributed by atoms with E-state index in [9.17, 15) is 14.7 Å². The number of hydrogen-bond donors (Lipinski definition) is 1. The van der Waals surface area contributed by atoms with Crippen LogP contribution in [0.15, 0.2) is 23.8 Å². The van der Waals surface area contributed by atoms with E-state index in [1.54, 1.807) is 6.08 Å². The molecule has 3 saturated carbocycles. The van der Waals surface area contributed by atoms with Crippen molar-refractivity contribution in [3.8, 4) is 0 Å². The highest BCUT2D eigenvalue weighted by atomic mass is 16.6. The van der Waals surface area contributed by atoms with E-state index in [4.69, 9.17) is 4.74 Å². The van der Waals surface area contributed by atoms with Crippen LogP contribution in [0, 0.1) is 35.0 Å². The van der Waals surface area contributed by atoms with Gasteiger partial charge in [-0.15, -0.1) is 0 Å². The Kier molecular flexibility index (Phi) is 4.41. The summed E-state index contributed by atoms with van der Waals surface area (Å²) in [4.78, 5) is 23.8. The molecular weight excluding hydrogens is 340 g/mol. The Labute approximate surface area is 162 Å². The second kappa shape index (κ2) is 6.30. The van der Waals surface area contributed by atoms with Crippen molar-refractivity contribution in [1.29, 1.82) is 0 Å². The molecule has 7 atom stereocenters. The van der Waals surface area contributed by atoms with Gasteiger partial charge in [-0.25, -0.2) is 4.79 Å². The monoisotopic (exact) mass is 372 g/mol. The van der Waals surface area contributed by atoms with Gasteiger partial charge in [0.05, 0.1) is 0 Å². The summed E-state index contributed by atoms with van der Waals surface area (Å²) in [6.07, 6.45) is 12.3. The van der Waals surface area contributed by atoms with Crippen LogP contribution in [0.4, 0.5) is 0 Å². The largest absolute Gasteiger partial charge is 0.451 e. The SMILES string of the molecule is C.C[C@]12CC[C@H]3[C@@H](C[C@@H](CO)C4=CC(=O)CC[C@@H]43)[C@@H]1CC[C@@]21C=CC(=O)O1. The highest BCUT2D eigenvalue weighted by Crippen LogP contribution is 2.67. The second-order valence-corrected chi connectivity index (χ2v) is 9.44. The Morgan fingerprint density at radius 2 is 2.00 bits per heavy atom. The third-order valence-electron chi connectivity index (χ3n) is 8.67. The van der Waals surface area contributed by atoms with Crippen molar-refractivity contribution in [2.75, 3.05) is 6.61 Å². The molecule has 5 aliphatic rings. The first kappa shape index (κ1) is 18.9. The number of carbonyl (C=O) groups is 2. The van der Waals surface area contributed by atoms with Crippen molar-refractivity contribution in [2.24, 2.45) is 35.0 Å². The van der Waals surface area contributed by atoms with Gasteiger partial charge in [0.15, 0.2) is 5.78 Å². The molecule has 27 heavy (non-hydrogen) atoms. The van der Waals surface area contributed by atoms with Crippen LogP contribution in [0.25, 0.3) is 0 Å². The Morgan fingerprint density at radius 3 is 2.70 bits per heavy atom. The molecule has 1 aliphatic heterocycles. The number of rotatable bonds is 1. The van der Waals surface area contributed by atoms with Gasteiger partial charge in [-0.1, -0.05) is 19.9 Å². The highest BCUT2D eigenvalue weighted by molar-refractivity contribution is 5.91. The standard InChI is InChI=1S/C22H28O4.CH4/c1-21-7-4-16-15-3-2-14(24)11-17(15)13(12-23)10-18(16)19(21)5-8-22(21)9-6-20(25)26-22;/h6,9,11,13,15-16,18-19,23H,2-5,7-8,10,12H2,1H3;1H4/t13-,15+,16+,18+,19-,21-,22+;/m0./s1. The maximum absolute atomic E-state index is 12.0. The number of ether oxygens (including phenoxy) is 1. The minimum atomic E-state index is -0.410. The first-order chi connectivity index (χ1) is 12.5. The molecule has 4 nitrogen and oxygen atoms in total. The Bertz CT molecular complexity index is 722. The Morgan fingerprint density at radius 1 is 1.19 bits per heavy atom. The second-order valence-electron chi connectivity index (χ2n) is 9.44. The summed E-state index contributed by atoms with van der Waals surface area (Å²) >= 11 is 0. The van der Waals surface area contributed by atoms with E-state index in [2.05, 4.69) is 6.92 Å². The summed E-state index contributed by atoms with van der Waals surface area (Å²) in [7, 11) is 0. The molecule has 0 aromatic carbocycles. The summed E-state index contributed by atoms with van der Waals surface area (Å²) in [5.74, 6) is 2.35. The zero-order chi connectivity index (χ0) is 18.1. The molecule has 1 N–H and O–H groups in total. The summed E-state index contributed by atoms with van der Waals surface area (Å²) in [5.41, 5.74) is 0.823. The van der Waals surface area contributed by atoms with Gasteiger partial charge in [0.1, 0.15) is 5.60 Å². The van der Waals surface area contributed by atoms with Gasteiger partial charge in [-0.3, -0.25) is 4.79 Å². The Balaban J connectivity index is 0.00000180. The van der Waals surface area contributed by atoms with Crippen LogP contribution in [-0.2, 0) is 14.3 Å². The molecule has 1 heterocycles. The summed E-state index contributed by atoms with van der Waals surface area (Å²) < 4.78 is 5.88. The van der Waals surface area contributed by atoms with Crippen LogP contribution >= 0.6 is 0 Å². The Hall–Kier alpha value is -1.42. The van der Waals surface area contributed by atoms with E-state index in [-0.39, 0.29) is 37.1 Å². The van der Waals surface area contributed by atoms with E-state index in [1.807, 2.05) is 12.2 Å². The first-order valence-corrected chi connectivity index (χ1v) is 10.2. The molecule has 0 saturated heterocycles. The molecule has 0 aromatic rings. The van der Waals surface area contributed by atoms with Crippen molar-refractivity contribution in [3.63, 3.8) is 0 Å². The van der Waals surface area contributed by atoms with E-state index in [0.29, 0.717) is 30.1 Å². The fraction of sp³-hybridized carbons (Fsp3) is 0.739. The topological polar surface area (TPSA) is 63.6 Å². The van der Waals surface area contributed by atoms with E-state index in [0.717, 1.165) is 38.5 Å². The summed E-state index contributed by atoms with van der Waals surface area (Å²) in [6.45, 7) is 2.47. The van der Waals surface area contributed by atoms with Gasteiger partial charge in [-0.2, -0.15) is 0 Å². The van der Waals surface area contributed by atoms with Crippen molar-refractivity contribution in [1.82, 2.24) is 0 Å². The van der Waals surface area contributed by atoms with Crippen LogP contribution in [0.1, 0.15) is 59.3 Å². The number of aliphatic hydroxyl groups excluding tert-OH is 1. The molecule has 3 fully saturated rings. The molecule has 1 spiro atoms. The predicted molar refractivity (Wildman–Crippen MR) is 103 cm³/mol. The van der Waals surface area contributed by atoms with Gasteiger partial charge in [0.2, 0.25) is 0 Å². The fourth-order valence-corrected chi connectivity index (χ4v) is 7.44. The maximum Gasteiger partial charge on any atom is 0.331 e. The van der Waals surface area contributed by atoms with Crippen molar-refractivity contribution >= 4 is 11.8 Å². The number of esters is 1. The molecular formula is C23H32O4. The lowest BCUT2D eigenvalue weighted by molar-refractivity contribution is -0.161. The lowest BCUT2D eigenvalue weighted by atomic mass is 9.49. The molecule has 5 rings (SSSR count). The van der Waals surface area contributed by atoms with Crippen LogP contribution in [0.5, 0.6) is 0 Å². The van der Waals surface area contributed by atoms with Gasteiger partial charge in [0, 0.05) is 30.4 Å². The number of carbonyl (C=O) groups excluding carboxylic acids is 2. The van der Waals surface area contributed by atoms with Crippen LogP contribution in [-0.4, -0.2) is 29.1 Å². The number of fused-ring (bicyclic) bond motifs is 6. The van der Waals surface area contributed by atoms with Crippen molar-refractivity contribution in [2.45, 2.75) is 64.9 Å². The van der Waals surface area contributed by atoms with Gasteiger partial charge >= 0.3 is 5.97 Å². The smallest absolute Gasteiger partial charge is 0.331 e. The average Bonchev–Trinajstić information content (AvgIpc) is 3.15. The predicted octanol–water partition coefficient (Wildman–Crippen LogP) is 3.83. The maximum atomic E-state index is 12.0. The zero-order valence-electron chi connectivity index (χ0n) is 15.4. The highest BCUT2D eigenvalue weighted by Gasteiger charge is 2.65. The quantitative estimate of drug-likeness (QED) is 0.711. The molecule has 0 unspecified atom stereocenters. The van der Waals surface area contributed by atoms with E-state index >= 15 is 0 Å². The van der Waals surface area contributed by atoms with Crippen LogP contribution in [0.2, 0.25) is 0 Å². The lowest BCUT2D eigenvalue weighted by Crippen LogP contribution is -2.53. The number of hydrogen-bond acceptors (Lipinski definition) is 4. The van der Waals surface area contributed by atoms with E-state index < -0.39 is 5.60 Å². The molecule has 148 valence electrons. The fourth-order valence-electron chi connectivity index (χ4n) is 7.44. The molecule has 0 aromatic heterocycles. The molecule has 0 bridgehead atoms. The van der Waals surface area contributed by atoms with Crippen molar-refractivity contribution < 1.29 is 19.4 Å². The minimum absolute atomic E-state index is 0. The van der Waals surface area contributed by atoms with Crippen LogP contribution in [0.3, 0.4) is 0 Å². The van der Waals surface area contributed by atoms with Gasteiger partial charge in [-0.05, 0) is 74.3 Å². The lowest BCUT2D eigenvalue weighted by Gasteiger charge is -2.56. The number of ketones is 1. The molecule has 4 heteroatoms. The third kappa shape index (κ3) is 2.45. The molecule has 0 amide bonds. The third-order valence-corrected chi connectivity index (χ3v) is 8.67. The van der Waals surface area contributed by atoms with Gasteiger partial charge < -0.3 is 9.84 Å². The van der Waals surface area contributed by atoms with Crippen molar-refractivity contribution in [3.05, 3.63) is 23.8 Å².